The Morgan fingerprint density at radius 3 is 3.06 bits per heavy atom. The molecular weight excluding hydrogens is 228 g/mol. The van der Waals surface area contributed by atoms with Gasteiger partial charge in [0.15, 0.2) is 0 Å². The first kappa shape index (κ1) is 13.2. The monoisotopic (exact) mass is 250 g/mol. The Labute approximate surface area is 109 Å². The van der Waals surface area contributed by atoms with Gasteiger partial charge in [-0.25, -0.2) is 0 Å². The van der Waals surface area contributed by atoms with Gasteiger partial charge in [0, 0.05) is 19.1 Å². The lowest BCUT2D eigenvalue weighted by molar-refractivity contribution is -0.00199. The van der Waals surface area contributed by atoms with Crippen molar-refractivity contribution >= 4 is 5.69 Å². The zero-order chi connectivity index (χ0) is 12.8. The van der Waals surface area contributed by atoms with Gasteiger partial charge in [-0.1, -0.05) is 12.1 Å². The average Bonchev–Trinajstić information content (AvgIpc) is 2.38. The van der Waals surface area contributed by atoms with Gasteiger partial charge in [-0.15, -0.1) is 0 Å². The quantitative estimate of drug-likeness (QED) is 0.639. The zero-order valence-electron chi connectivity index (χ0n) is 11.0. The number of morpholine rings is 1. The van der Waals surface area contributed by atoms with Crippen LogP contribution in [0, 0.1) is 0 Å². The summed E-state index contributed by atoms with van der Waals surface area (Å²) in [5.74, 6) is 0.785. The molecule has 0 radical (unpaired) electrons. The van der Waals surface area contributed by atoms with Gasteiger partial charge in [0.05, 0.1) is 25.5 Å². The van der Waals surface area contributed by atoms with E-state index in [0.29, 0.717) is 18.3 Å². The van der Waals surface area contributed by atoms with Crippen molar-refractivity contribution in [3.05, 3.63) is 24.3 Å². The molecule has 0 aliphatic carbocycles. The van der Waals surface area contributed by atoms with Crippen molar-refractivity contribution < 1.29 is 9.47 Å². The Morgan fingerprint density at radius 1 is 1.44 bits per heavy atom. The molecule has 4 nitrogen and oxygen atoms in total. The molecule has 0 amide bonds. The van der Waals surface area contributed by atoms with Crippen LogP contribution in [0.15, 0.2) is 24.3 Å². The average molecular weight is 250 g/mol. The molecule has 1 unspecified atom stereocenters. The van der Waals surface area contributed by atoms with Crippen molar-refractivity contribution in [3.8, 4) is 5.75 Å². The van der Waals surface area contributed by atoms with E-state index in [0.717, 1.165) is 38.5 Å². The maximum absolute atomic E-state index is 5.82. The van der Waals surface area contributed by atoms with E-state index in [1.165, 1.54) is 0 Å². The van der Waals surface area contributed by atoms with E-state index in [1.807, 2.05) is 24.3 Å². The van der Waals surface area contributed by atoms with E-state index in [-0.39, 0.29) is 0 Å². The van der Waals surface area contributed by atoms with E-state index in [1.54, 1.807) is 0 Å². The van der Waals surface area contributed by atoms with Gasteiger partial charge >= 0.3 is 0 Å². The molecule has 1 fully saturated rings. The number of anilines is 1. The number of rotatable bonds is 5. The summed E-state index contributed by atoms with van der Waals surface area (Å²) in [7, 11) is 0. The van der Waals surface area contributed by atoms with Crippen molar-refractivity contribution in [1.82, 2.24) is 4.90 Å². The summed E-state index contributed by atoms with van der Waals surface area (Å²) in [5, 5.41) is 0. The van der Waals surface area contributed by atoms with Crippen LogP contribution in [0.25, 0.3) is 0 Å². The number of para-hydroxylation sites is 2. The number of nitrogens with two attached hydrogens (primary N) is 1. The second kappa shape index (κ2) is 6.61. The van der Waals surface area contributed by atoms with Crippen LogP contribution in [-0.4, -0.2) is 43.9 Å². The highest BCUT2D eigenvalue weighted by Gasteiger charge is 2.17. The maximum Gasteiger partial charge on any atom is 0.142 e. The molecule has 1 aromatic rings. The normalized spacial score (nSPS) is 20.8. The number of nitrogen functional groups attached to an aromatic ring is 1. The topological polar surface area (TPSA) is 47.7 Å². The molecule has 1 saturated heterocycles. The lowest BCUT2D eigenvalue weighted by Crippen LogP contribution is -2.44. The fraction of sp³-hybridized carbons (Fsp3) is 0.571. The first-order chi connectivity index (χ1) is 8.77. The van der Waals surface area contributed by atoms with Crippen LogP contribution in [0.3, 0.4) is 0 Å². The van der Waals surface area contributed by atoms with Crippen LogP contribution in [0.1, 0.15) is 13.3 Å². The summed E-state index contributed by atoms with van der Waals surface area (Å²) >= 11 is 0. The second-order valence-electron chi connectivity index (χ2n) is 4.70. The Bertz CT molecular complexity index is 371. The third kappa shape index (κ3) is 3.62. The van der Waals surface area contributed by atoms with Crippen LogP contribution in [0.5, 0.6) is 5.75 Å². The van der Waals surface area contributed by atoms with Gasteiger partial charge in [-0.2, -0.15) is 0 Å². The first-order valence-corrected chi connectivity index (χ1v) is 6.56. The largest absolute Gasteiger partial charge is 0.491 e. The number of nitrogens with zero attached hydrogens (tertiary/aromatic N) is 1. The van der Waals surface area contributed by atoms with Crippen LogP contribution in [0.2, 0.25) is 0 Å². The molecule has 18 heavy (non-hydrogen) atoms. The van der Waals surface area contributed by atoms with E-state index in [4.69, 9.17) is 15.2 Å². The van der Waals surface area contributed by atoms with Gasteiger partial charge in [0.1, 0.15) is 5.75 Å². The SMILES string of the molecule is CC1COCCN1CCCOc1ccccc1N. The molecule has 2 rings (SSSR count). The third-order valence-electron chi connectivity index (χ3n) is 3.27. The first-order valence-electron chi connectivity index (χ1n) is 6.56. The molecule has 0 bridgehead atoms. The Kier molecular flexibility index (Phi) is 4.84. The molecule has 0 saturated carbocycles. The molecule has 2 N–H and O–H groups in total. The Balaban J connectivity index is 1.68. The summed E-state index contributed by atoms with van der Waals surface area (Å²) in [4.78, 5) is 2.45. The standard InChI is InChI=1S/C14H22N2O2/c1-12-11-17-10-8-16(12)7-4-9-18-14-6-3-2-5-13(14)15/h2-3,5-6,12H,4,7-11,15H2,1H3. The van der Waals surface area contributed by atoms with Gasteiger partial charge < -0.3 is 15.2 Å². The molecule has 1 heterocycles. The van der Waals surface area contributed by atoms with Crippen LogP contribution < -0.4 is 10.5 Å². The molecule has 0 aromatic heterocycles. The summed E-state index contributed by atoms with van der Waals surface area (Å²) in [5.41, 5.74) is 6.52. The predicted octanol–water partition coefficient (Wildman–Crippen LogP) is 1.76. The van der Waals surface area contributed by atoms with Crippen molar-refractivity contribution in [2.45, 2.75) is 19.4 Å². The maximum atomic E-state index is 5.82. The van der Waals surface area contributed by atoms with Gasteiger partial charge in [0.25, 0.3) is 0 Å². The number of ether oxygens (including phenoxy) is 2. The molecule has 4 heteroatoms. The van der Waals surface area contributed by atoms with E-state index < -0.39 is 0 Å². The van der Waals surface area contributed by atoms with Crippen LogP contribution in [0.4, 0.5) is 5.69 Å². The zero-order valence-corrected chi connectivity index (χ0v) is 11.0. The second-order valence-corrected chi connectivity index (χ2v) is 4.70. The molecule has 100 valence electrons. The Morgan fingerprint density at radius 2 is 2.28 bits per heavy atom. The highest BCUT2D eigenvalue weighted by molar-refractivity contribution is 5.51. The fourth-order valence-electron chi connectivity index (χ4n) is 2.16. The van der Waals surface area contributed by atoms with Crippen molar-refractivity contribution in [2.75, 3.05) is 38.6 Å². The predicted molar refractivity (Wildman–Crippen MR) is 72.8 cm³/mol. The van der Waals surface area contributed by atoms with Crippen molar-refractivity contribution in [1.29, 1.82) is 0 Å². The molecule has 1 atom stereocenters. The third-order valence-corrected chi connectivity index (χ3v) is 3.27. The number of benzene rings is 1. The molecule has 1 aliphatic heterocycles. The minimum Gasteiger partial charge on any atom is -0.491 e. The molecule has 0 spiro atoms. The lowest BCUT2D eigenvalue weighted by Gasteiger charge is -2.33. The van der Waals surface area contributed by atoms with E-state index in [9.17, 15) is 0 Å². The minimum absolute atomic E-state index is 0.514. The van der Waals surface area contributed by atoms with Gasteiger partial charge in [-0.3, -0.25) is 4.90 Å². The molecule has 1 aliphatic rings. The minimum atomic E-state index is 0.514. The Hall–Kier alpha value is -1.26. The van der Waals surface area contributed by atoms with E-state index >= 15 is 0 Å². The van der Waals surface area contributed by atoms with Crippen molar-refractivity contribution in [2.24, 2.45) is 0 Å². The molecular formula is C14H22N2O2. The van der Waals surface area contributed by atoms with Crippen molar-refractivity contribution in [3.63, 3.8) is 0 Å². The number of hydrogen-bond acceptors (Lipinski definition) is 4. The smallest absolute Gasteiger partial charge is 0.142 e. The van der Waals surface area contributed by atoms with Crippen LogP contribution >= 0.6 is 0 Å². The summed E-state index contributed by atoms with van der Waals surface area (Å²) in [6, 6.07) is 8.14. The number of hydrogen-bond donors (Lipinski definition) is 1. The highest BCUT2D eigenvalue weighted by Crippen LogP contribution is 2.19. The van der Waals surface area contributed by atoms with Gasteiger partial charge in [-0.05, 0) is 25.5 Å². The van der Waals surface area contributed by atoms with Crippen LogP contribution in [-0.2, 0) is 4.74 Å². The summed E-state index contributed by atoms with van der Waals surface area (Å²) in [6.07, 6.45) is 1.01. The highest BCUT2D eigenvalue weighted by atomic mass is 16.5. The fourth-order valence-corrected chi connectivity index (χ4v) is 2.16. The summed E-state index contributed by atoms with van der Waals surface area (Å²) < 4.78 is 11.1. The van der Waals surface area contributed by atoms with E-state index in [2.05, 4.69) is 11.8 Å². The molecule has 1 aromatic carbocycles. The summed E-state index contributed by atoms with van der Waals surface area (Å²) in [6.45, 7) is 6.67. The lowest BCUT2D eigenvalue weighted by atomic mass is 10.2. The van der Waals surface area contributed by atoms with Gasteiger partial charge in [0.2, 0.25) is 0 Å².